The molecule has 160 valence electrons. The third kappa shape index (κ3) is 6.18. The summed E-state index contributed by atoms with van der Waals surface area (Å²) in [6, 6.07) is 23.4. The van der Waals surface area contributed by atoms with Gasteiger partial charge in [0.2, 0.25) is 0 Å². The molecule has 0 unspecified atom stereocenters. The van der Waals surface area contributed by atoms with Gasteiger partial charge in [-0.15, -0.1) is 0 Å². The molecule has 0 radical (unpaired) electrons. The Labute approximate surface area is 177 Å². The van der Waals surface area contributed by atoms with E-state index in [1.54, 1.807) is 0 Å². The molecule has 3 rings (SSSR count). The van der Waals surface area contributed by atoms with E-state index in [0.717, 1.165) is 23.3 Å². The van der Waals surface area contributed by atoms with Crippen LogP contribution in [0.15, 0.2) is 84.9 Å². The molecule has 0 aliphatic carbocycles. The summed E-state index contributed by atoms with van der Waals surface area (Å²) >= 11 is 0. The highest BCUT2D eigenvalue weighted by molar-refractivity contribution is 5.93. The number of benzene rings is 3. The number of ether oxygens (including phenoxy) is 1. The summed E-state index contributed by atoms with van der Waals surface area (Å²) in [4.78, 5) is 24.5. The van der Waals surface area contributed by atoms with Crippen molar-refractivity contribution >= 4 is 17.6 Å². The highest BCUT2D eigenvalue weighted by Crippen LogP contribution is 2.34. The van der Waals surface area contributed by atoms with Crippen LogP contribution in [0.5, 0.6) is 0 Å². The van der Waals surface area contributed by atoms with Gasteiger partial charge >= 0.3 is 12.1 Å². The predicted octanol–water partition coefficient (Wildman–Crippen LogP) is 5.41. The van der Waals surface area contributed by atoms with Crippen molar-refractivity contribution in [3.63, 3.8) is 0 Å². The number of rotatable bonds is 7. The molecule has 31 heavy (non-hydrogen) atoms. The first-order chi connectivity index (χ1) is 14.8. The monoisotopic (exact) mass is 427 g/mol. The fourth-order valence-corrected chi connectivity index (χ4v) is 3.20. The third-order valence-electron chi connectivity index (χ3n) is 4.65. The molecule has 1 N–H and O–H groups in total. The topological polar surface area (TPSA) is 55.4 Å². The fourth-order valence-electron chi connectivity index (χ4n) is 3.20. The van der Waals surface area contributed by atoms with Gasteiger partial charge in [-0.2, -0.15) is 13.2 Å². The number of para-hydroxylation sites is 1. The number of nitrogens with one attached hydrogen (secondary N) is 1. The molecule has 4 nitrogen and oxygen atoms in total. The molecule has 0 heterocycles. The van der Waals surface area contributed by atoms with E-state index in [1.807, 2.05) is 60.7 Å². The Hall–Kier alpha value is -3.61. The van der Waals surface area contributed by atoms with Crippen LogP contribution in [-0.2, 0) is 20.5 Å². The molecule has 1 amide bonds. The van der Waals surface area contributed by atoms with Crippen LogP contribution in [0, 0.1) is 0 Å². The van der Waals surface area contributed by atoms with Crippen LogP contribution < -0.4 is 5.32 Å². The first-order valence-corrected chi connectivity index (χ1v) is 9.56. The Morgan fingerprint density at radius 1 is 0.806 bits per heavy atom. The summed E-state index contributed by atoms with van der Waals surface area (Å²) in [5.41, 5.74) is 0.466. The van der Waals surface area contributed by atoms with Crippen LogP contribution in [0.25, 0.3) is 0 Å². The number of amides is 1. The van der Waals surface area contributed by atoms with Gasteiger partial charge in [-0.1, -0.05) is 72.8 Å². The second-order valence-electron chi connectivity index (χ2n) is 6.83. The number of carbonyl (C=O) groups excluding carboxylic acids is 2. The van der Waals surface area contributed by atoms with Crippen molar-refractivity contribution in [2.24, 2.45) is 0 Å². The molecular weight excluding hydrogens is 407 g/mol. The lowest BCUT2D eigenvalue weighted by molar-refractivity contribution is -0.147. The maximum absolute atomic E-state index is 13.0. The second-order valence-corrected chi connectivity index (χ2v) is 6.83. The Morgan fingerprint density at radius 3 is 1.87 bits per heavy atom. The van der Waals surface area contributed by atoms with Gasteiger partial charge in [-0.25, -0.2) is 0 Å². The zero-order valence-corrected chi connectivity index (χ0v) is 16.4. The molecule has 0 spiro atoms. The van der Waals surface area contributed by atoms with Gasteiger partial charge in [-0.05, 0) is 23.3 Å². The molecule has 0 saturated heterocycles. The van der Waals surface area contributed by atoms with Gasteiger partial charge in [-0.3, -0.25) is 9.59 Å². The maximum atomic E-state index is 13.0. The second kappa shape index (κ2) is 9.93. The van der Waals surface area contributed by atoms with Crippen LogP contribution in [0.3, 0.4) is 0 Å². The average Bonchev–Trinajstić information content (AvgIpc) is 2.77. The van der Waals surface area contributed by atoms with Crippen molar-refractivity contribution in [2.45, 2.75) is 18.5 Å². The predicted molar refractivity (Wildman–Crippen MR) is 110 cm³/mol. The molecule has 0 saturated carbocycles. The molecule has 0 bridgehead atoms. The molecule has 3 aromatic rings. The molecule has 0 aliphatic heterocycles. The van der Waals surface area contributed by atoms with Crippen LogP contribution in [0.2, 0.25) is 0 Å². The minimum atomic E-state index is -4.61. The van der Waals surface area contributed by atoms with E-state index in [9.17, 15) is 22.8 Å². The summed E-state index contributed by atoms with van der Waals surface area (Å²) in [5, 5.41) is 2.15. The summed E-state index contributed by atoms with van der Waals surface area (Å²) < 4.78 is 44.2. The van der Waals surface area contributed by atoms with Crippen molar-refractivity contribution in [1.82, 2.24) is 0 Å². The Bertz CT molecular complexity index is 981. The quantitative estimate of drug-likeness (QED) is 0.513. The Morgan fingerprint density at radius 2 is 1.32 bits per heavy atom. The number of hydrogen-bond donors (Lipinski definition) is 1. The lowest BCUT2D eigenvalue weighted by Crippen LogP contribution is -2.23. The zero-order valence-electron chi connectivity index (χ0n) is 16.4. The SMILES string of the molecule is O=C(COC(=O)CC(c1ccccc1)c1ccccc1)Nc1ccccc1C(F)(F)F. The van der Waals surface area contributed by atoms with Gasteiger partial charge in [0, 0.05) is 5.92 Å². The van der Waals surface area contributed by atoms with E-state index in [0.29, 0.717) is 0 Å². The van der Waals surface area contributed by atoms with Gasteiger partial charge in [0.05, 0.1) is 17.7 Å². The minimum Gasteiger partial charge on any atom is -0.456 e. The first kappa shape index (κ1) is 22.1. The summed E-state index contributed by atoms with van der Waals surface area (Å²) in [6.07, 6.45) is -4.63. The molecule has 7 heteroatoms. The normalized spacial score (nSPS) is 11.2. The van der Waals surface area contributed by atoms with Gasteiger partial charge in [0.1, 0.15) is 0 Å². The van der Waals surface area contributed by atoms with Crippen LogP contribution in [0.4, 0.5) is 18.9 Å². The van der Waals surface area contributed by atoms with E-state index in [2.05, 4.69) is 5.32 Å². The van der Waals surface area contributed by atoms with Crippen LogP contribution in [-0.4, -0.2) is 18.5 Å². The van der Waals surface area contributed by atoms with Crippen molar-refractivity contribution in [2.75, 3.05) is 11.9 Å². The van der Waals surface area contributed by atoms with Gasteiger partial charge in [0.25, 0.3) is 5.91 Å². The number of alkyl halides is 3. The van der Waals surface area contributed by atoms with Crippen molar-refractivity contribution in [1.29, 1.82) is 0 Å². The van der Waals surface area contributed by atoms with Crippen molar-refractivity contribution in [3.8, 4) is 0 Å². The third-order valence-corrected chi connectivity index (χ3v) is 4.65. The number of anilines is 1. The zero-order chi connectivity index (χ0) is 22.3. The largest absolute Gasteiger partial charge is 0.456 e. The first-order valence-electron chi connectivity index (χ1n) is 9.56. The number of esters is 1. The standard InChI is InChI=1S/C24H20F3NO3/c25-24(26,27)20-13-7-8-14-21(20)28-22(29)16-31-23(30)15-19(17-9-3-1-4-10-17)18-11-5-2-6-12-18/h1-14,19H,15-16H2,(H,28,29). The molecule has 0 fully saturated rings. The minimum absolute atomic E-state index is 0.0134. The fraction of sp³-hybridized carbons (Fsp3) is 0.167. The summed E-state index contributed by atoms with van der Waals surface area (Å²) in [5.74, 6) is -1.75. The van der Waals surface area contributed by atoms with E-state index in [4.69, 9.17) is 4.74 Å². The smallest absolute Gasteiger partial charge is 0.418 e. The van der Waals surface area contributed by atoms with Crippen LogP contribution in [0.1, 0.15) is 29.0 Å². The maximum Gasteiger partial charge on any atom is 0.418 e. The number of carbonyl (C=O) groups is 2. The van der Waals surface area contributed by atoms with Crippen molar-refractivity contribution < 1.29 is 27.5 Å². The Kier molecular flexibility index (Phi) is 7.07. The number of hydrogen-bond acceptors (Lipinski definition) is 3. The van der Waals surface area contributed by atoms with Crippen molar-refractivity contribution in [3.05, 3.63) is 102 Å². The Balaban J connectivity index is 1.63. The summed E-state index contributed by atoms with van der Waals surface area (Å²) in [7, 11) is 0. The number of halogens is 3. The average molecular weight is 427 g/mol. The lowest BCUT2D eigenvalue weighted by Gasteiger charge is -2.17. The molecule has 0 atom stereocenters. The van der Waals surface area contributed by atoms with Gasteiger partial charge in [0.15, 0.2) is 6.61 Å². The van der Waals surface area contributed by atoms with E-state index in [1.165, 1.54) is 12.1 Å². The summed E-state index contributed by atoms with van der Waals surface area (Å²) in [6.45, 7) is -0.679. The van der Waals surface area contributed by atoms with E-state index < -0.39 is 30.2 Å². The van der Waals surface area contributed by atoms with E-state index >= 15 is 0 Å². The lowest BCUT2D eigenvalue weighted by atomic mass is 9.89. The highest BCUT2D eigenvalue weighted by Gasteiger charge is 2.33. The molecule has 0 aliphatic rings. The molecule has 3 aromatic carbocycles. The molecule has 0 aromatic heterocycles. The highest BCUT2D eigenvalue weighted by atomic mass is 19.4. The van der Waals surface area contributed by atoms with Gasteiger partial charge < -0.3 is 10.1 Å². The molecular formula is C24H20F3NO3. The van der Waals surface area contributed by atoms with E-state index in [-0.39, 0.29) is 18.0 Å². The van der Waals surface area contributed by atoms with Crippen LogP contribution >= 0.6 is 0 Å².